The van der Waals surface area contributed by atoms with Gasteiger partial charge in [-0.1, -0.05) is 12.2 Å². The molecule has 0 aromatic rings. The summed E-state index contributed by atoms with van der Waals surface area (Å²) in [5.41, 5.74) is 0. The van der Waals surface area contributed by atoms with Crippen LogP contribution in [0.1, 0.15) is 0 Å². The molecule has 0 heterocycles. The SMILES string of the molecule is C=CCOCC=C.N.O=S(=O)(O)O.OCCO. The summed E-state index contributed by atoms with van der Waals surface area (Å²) in [5, 5.41) is 15.2. The maximum atomic E-state index is 8.74. The molecule has 0 bridgehead atoms. The summed E-state index contributed by atoms with van der Waals surface area (Å²) in [6, 6.07) is 0. The van der Waals surface area contributed by atoms with E-state index in [2.05, 4.69) is 13.2 Å². The molecule has 0 unspecified atom stereocenters. The number of ether oxygens (including phenoxy) is 1. The first kappa shape index (κ1) is 25.1. The average molecular weight is 275 g/mol. The fourth-order valence-electron chi connectivity index (χ4n) is 0.235. The molecule has 8 nitrogen and oxygen atoms in total. The molecule has 0 aliphatic carbocycles. The van der Waals surface area contributed by atoms with Crippen molar-refractivity contribution < 1.29 is 32.5 Å². The van der Waals surface area contributed by atoms with Gasteiger partial charge >= 0.3 is 10.4 Å². The normalized spacial score (nSPS) is 8.47. The molecule has 0 radical (unpaired) electrons. The third-order valence-electron chi connectivity index (χ3n) is 0.571. The van der Waals surface area contributed by atoms with Crippen LogP contribution in [-0.2, 0) is 15.1 Å². The van der Waals surface area contributed by atoms with Crippen LogP contribution in [0.3, 0.4) is 0 Å². The highest BCUT2D eigenvalue weighted by Crippen LogP contribution is 1.72. The summed E-state index contributed by atoms with van der Waals surface area (Å²) in [7, 11) is -4.67. The molecule has 0 saturated heterocycles. The summed E-state index contributed by atoms with van der Waals surface area (Å²) < 4.78 is 36.5. The van der Waals surface area contributed by atoms with E-state index in [9.17, 15) is 0 Å². The lowest BCUT2D eigenvalue weighted by Crippen LogP contribution is -1.89. The lowest BCUT2D eigenvalue weighted by Gasteiger charge is -1.89. The Labute approximate surface area is 101 Å². The highest BCUT2D eigenvalue weighted by Gasteiger charge is 1.84. The predicted octanol–water partition coefficient (Wildman–Crippen LogP) is -0.145. The van der Waals surface area contributed by atoms with E-state index in [1.54, 1.807) is 12.2 Å². The van der Waals surface area contributed by atoms with Crippen molar-refractivity contribution in [1.82, 2.24) is 6.15 Å². The molecule has 0 aliphatic heterocycles. The van der Waals surface area contributed by atoms with Gasteiger partial charge in [0, 0.05) is 0 Å². The van der Waals surface area contributed by atoms with Gasteiger partial charge < -0.3 is 21.1 Å². The zero-order chi connectivity index (χ0) is 13.4. The number of rotatable bonds is 5. The Kier molecular flexibility index (Phi) is 30.4. The van der Waals surface area contributed by atoms with Gasteiger partial charge in [0.15, 0.2) is 0 Å². The third kappa shape index (κ3) is 151. The van der Waals surface area contributed by atoms with Crippen molar-refractivity contribution in [3.05, 3.63) is 25.3 Å². The Bertz CT molecular complexity index is 222. The van der Waals surface area contributed by atoms with Gasteiger partial charge in [-0.15, -0.1) is 13.2 Å². The van der Waals surface area contributed by atoms with Gasteiger partial charge in [-0.05, 0) is 0 Å². The molecule has 9 heteroatoms. The summed E-state index contributed by atoms with van der Waals surface area (Å²) in [5.74, 6) is 0. The van der Waals surface area contributed by atoms with Crippen LogP contribution >= 0.6 is 0 Å². The maximum Gasteiger partial charge on any atom is 0.394 e. The highest BCUT2D eigenvalue weighted by atomic mass is 32.3. The molecule has 0 rings (SSSR count). The molecule has 0 aromatic carbocycles. The van der Waals surface area contributed by atoms with Gasteiger partial charge in [0.2, 0.25) is 0 Å². The molecule has 17 heavy (non-hydrogen) atoms. The minimum absolute atomic E-state index is 0. The van der Waals surface area contributed by atoms with Crippen LogP contribution in [0.4, 0.5) is 0 Å². The minimum atomic E-state index is -4.67. The van der Waals surface area contributed by atoms with Crippen LogP contribution in [0.5, 0.6) is 0 Å². The van der Waals surface area contributed by atoms with Gasteiger partial charge in [-0.2, -0.15) is 8.42 Å². The topological polar surface area (TPSA) is 159 Å². The zero-order valence-corrected chi connectivity index (χ0v) is 10.3. The lowest BCUT2D eigenvalue weighted by atomic mass is 10.6. The van der Waals surface area contributed by atoms with Crippen LogP contribution < -0.4 is 6.15 Å². The standard InChI is InChI=1S/C6H10O.C2H6O2.H3N.H2O4S/c1-3-5-7-6-4-2;3-1-2-4;;1-5(2,3)4/h3-4H,1-2,5-6H2;3-4H,1-2H2;1H3;(H2,1,2,3,4). The molecule has 0 aromatic heterocycles. The van der Waals surface area contributed by atoms with Gasteiger partial charge in [0.25, 0.3) is 0 Å². The first-order valence-electron chi connectivity index (χ1n) is 4.04. The minimum Gasteiger partial charge on any atom is -0.394 e. The third-order valence-corrected chi connectivity index (χ3v) is 0.571. The molecule has 0 fully saturated rings. The second-order valence-corrected chi connectivity index (χ2v) is 2.91. The van der Waals surface area contributed by atoms with Crippen LogP contribution in [-0.4, -0.2) is 54.2 Å². The predicted molar refractivity (Wildman–Crippen MR) is 64.6 cm³/mol. The molecule has 0 spiro atoms. The Morgan fingerprint density at radius 3 is 1.35 bits per heavy atom. The van der Waals surface area contributed by atoms with Gasteiger partial charge in [0.05, 0.1) is 26.4 Å². The van der Waals surface area contributed by atoms with Crippen LogP contribution in [0.2, 0.25) is 0 Å². The monoisotopic (exact) mass is 275 g/mol. The molecule has 0 saturated carbocycles. The fourth-order valence-corrected chi connectivity index (χ4v) is 0.235. The average Bonchev–Trinajstić information content (AvgIpc) is 2.17. The van der Waals surface area contributed by atoms with Gasteiger partial charge in [0.1, 0.15) is 0 Å². The number of aliphatic hydroxyl groups is 2. The Morgan fingerprint density at radius 1 is 1.00 bits per heavy atom. The molecule has 7 N–H and O–H groups in total. The van der Waals surface area contributed by atoms with E-state index >= 15 is 0 Å². The quantitative estimate of drug-likeness (QED) is 0.263. The van der Waals surface area contributed by atoms with Crippen molar-refractivity contribution in [3.8, 4) is 0 Å². The van der Waals surface area contributed by atoms with Crippen LogP contribution in [0.15, 0.2) is 25.3 Å². The van der Waals surface area contributed by atoms with Gasteiger partial charge in [-0.3, -0.25) is 9.11 Å². The van der Waals surface area contributed by atoms with Crippen molar-refractivity contribution >= 4 is 10.4 Å². The molecule has 0 amide bonds. The zero-order valence-electron chi connectivity index (χ0n) is 9.53. The Morgan fingerprint density at radius 2 is 1.24 bits per heavy atom. The second kappa shape index (κ2) is 20.6. The second-order valence-electron chi connectivity index (χ2n) is 2.01. The van der Waals surface area contributed by atoms with E-state index in [1.807, 2.05) is 0 Å². The smallest absolute Gasteiger partial charge is 0.394 e. The van der Waals surface area contributed by atoms with Crippen molar-refractivity contribution in [3.63, 3.8) is 0 Å². The van der Waals surface area contributed by atoms with Crippen molar-refractivity contribution in [2.24, 2.45) is 0 Å². The number of hydrogen-bond acceptors (Lipinski definition) is 6. The first-order chi connectivity index (χ1) is 7.33. The fraction of sp³-hybridized carbons (Fsp3) is 0.500. The lowest BCUT2D eigenvalue weighted by molar-refractivity contribution is 0.186. The largest absolute Gasteiger partial charge is 0.394 e. The first-order valence-corrected chi connectivity index (χ1v) is 5.44. The number of aliphatic hydroxyl groups excluding tert-OH is 2. The van der Waals surface area contributed by atoms with E-state index in [0.717, 1.165) is 0 Å². The Hall–Kier alpha value is -0.810. The highest BCUT2D eigenvalue weighted by molar-refractivity contribution is 7.79. The van der Waals surface area contributed by atoms with Crippen molar-refractivity contribution in [2.75, 3.05) is 26.4 Å². The van der Waals surface area contributed by atoms with Gasteiger partial charge in [-0.25, -0.2) is 0 Å². The number of hydrogen-bond donors (Lipinski definition) is 5. The molecule has 0 aliphatic rings. The van der Waals surface area contributed by atoms with E-state index in [-0.39, 0.29) is 19.4 Å². The van der Waals surface area contributed by atoms with E-state index in [4.69, 9.17) is 32.5 Å². The van der Waals surface area contributed by atoms with Crippen LogP contribution in [0, 0.1) is 0 Å². The molecular formula is C8H21NO7S. The van der Waals surface area contributed by atoms with E-state index in [1.165, 1.54) is 0 Å². The summed E-state index contributed by atoms with van der Waals surface area (Å²) in [6.07, 6.45) is 3.42. The summed E-state index contributed by atoms with van der Waals surface area (Å²) in [4.78, 5) is 0. The maximum absolute atomic E-state index is 8.74. The molecular weight excluding hydrogens is 254 g/mol. The van der Waals surface area contributed by atoms with Crippen molar-refractivity contribution in [1.29, 1.82) is 0 Å². The molecule has 106 valence electrons. The van der Waals surface area contributed by atoms with Crippen molar-refractivity contribution in [2.45, 2.75) is 0 Å². The Balaban J connectivity index is -0.0000000757. The summed E-state index contributed by atoms with van der Waals surface area (Å²) >= 11 is 0. The summed E-state index contributed by atoms with van der Waals surface area (Å²) in [6.45, 7) is 7.93. The van der Waals surface area contributed by atoms with Crippen LogP contribution in [0.25, 0.3) is 0 Å². The van der Waals surface area contributed by atoms with E-state index in [0.29, 0.717) is 13.2 Å². The van der Waals surface area contributed by atoms with E-state index < -0.39 is 10.4 Å². The molecule has 0 atom stereocenters.